The summed E-state index contributed by atoms with van der Waals surface area (Å²) in [5, 5.41) is 14.3. The average molecular weight is 449 g/mol. The second-order valence-corrected chi connectivity index (χ2v) is 9.34. The van der Waals surface area contributed by atoms with Gasteiger partial charge in [0.2, 0.25) is 0 Å². The van der Waals surface area contributed by atoms with E-state index in [0.717, 1.165) is 24.4 Å². The normalized spacial score (nSPS) is 19.6. The highest BCUT2D eigenvalue weighted by atomic mass is 16.4. The van der Waals surface area contributed by atoms with Crippen LogP contribution in [0.1, 0.15) is 74.2 Å². The predicted octanol–water partition coefficient (Wildman–Crippen LogP) is 5.65. The van der Waals surface area contributed by atoms with Crippen molar-refractivity contribution in [3.63, 3.8) is 0 Å². The summed E-state index contributed by atoms with van der Waals surface area (Å²) in [6, 6.07) is 11.0. The van der Waals surface area contributed by atoms with E-state index in [2.05, 4.69) is 35.0 Å². The summed E-state index contributed by atoms with van der Waals surface area (Å²) in [6.45, 7) is 3.24. The Kier molecular flexibility index (Phi) is 7.76. The number of aromatic nitrogens is 1. The molecule has 33 heavy (non-hydrogen) atoms. The molecular formula is C27H36N4O2. The highest BCUT2D eigenvalue weighted by molar-refractivity contribution is 5.95. The maximum absolute atomic E-state index is 11.6. The van der Waals surface area contributed by atoms with Crippen molar-refractivity contribution in [2.75, 3.05) is 13.6 Å². The number of hydrazine groups is 1. The number of carboxylic acid groups (broad SMARTS) is 1. The Bertz CT molecular complexity index is 966. The SMILES string of the molecule is CCCCCN1C(Cc2ccc(-c3ccccc3C(=O)O)nc2)=NC(C2CCCCC2)N1C. The molecule has 0 bridgehead atoms. The topological polar surface area (TPSA) is 69.0 Å². The van der Waals surface area contributed by atoms with Crippen LogP contribution in [0.25, 0.3) is 11.3 Å². The molecular weight excluding hydrogens is 412 g/mol. The molecule has 6 heteroatoms. The number of hydrogen-bond acceptors (Lipinski definition) is 5. The molecule has 1 atom stereocenters. The van der Waals surface area contributed by atoms with E-state index < -0.39 is 5.97 Å². The van der Waals surface area contributed by atoms with E-state index in [1.54, 1.807) is 12.1 Å². The average Bonchev–Trinajstić information content (AvgIpc) is 3.15. The molecule has 6 nitrogen and oxygen atoms in total. The largest absolute Gasteiger partial charge is 0.478 e. The van der Waals surface area contributed by atoms with Crippen LogP contribution in [0.3, 0.4) is 0 Å². The third-order valence-corrected chi connectivity index (χ3v) is 7.01. The molecule has 1 fully saturated rings. The Hall–Kier alpha value is -2.73. The third-order valence-electron chi connectivity index (χ3n) is 7.01. The van der Waals surface area contributed by atoms with Gasteiger partial charge in [0, 0.05) is 31.8 Å². The zero-order chi connectivity index (χ0) is 23.2. The summed E-state index contributed by atoms with van der Waals surface area (Å²) >= 11 is 0. The fourth-order valence-corrected chi connectivity index (χ4v) is 5.17. The summed E-state index contributed by atoms with van der Waals surface area (Å²) in [5.41, 5.74) is 2.70. The van der Waals surface area contributed by atoms with Gasteiger partial charge in [-0.2, -0.15) is 5.01 Å². The molecule has 0 amide bonds. The van der Waals surface area contributed by atoms with E-state index in [1.165, 1.54) is 51.4 Å². The number of aliphatic imine (C=N–C) groups is 1. The van der Waals surface area contributed by atoms with Crippen LogP contribution in [0.15, 0.2) is 47.6 Å². The Morgan fingerprint density at radius 1 is 1.09 bits per heavy atom. The van der Waals surface area contributed by atoms with Gasteiger partial charge in [-0.3, -0.25) is 9.99 Å². The Balaban J connectivity index is 1.53. The standard InChI is InChI=1S/C27H36N4O2/c1-3-4-10-17-31-25(29-26(30(31)2)21-11-6-5-7-12-21)18-20-15-16-24(28-19-20)22-13-8-9-14-23(22)27(32)33/h8-9,13-16,19,21,26H,3-7,10-12,17-18H2,1-2H3,(H,32,33). The van der Waals surface area contributed by atoms with Crippen LogP contribution in [0, 0.1) is 5.92 Å². The van der Waals surface area contributed by atoms with Crippen molar-refractivity contribution >= 4 is 11.8 Å². The molecule has 0 saturated heterocycles. The molecule has 0 radical (unpaired) electrons. The number of rotatable bonds is 9. The van der Waals surface area contributed by atoms with Crippen molar-refractivity contribution in [3.8, 4) is 11.3 Å². The molecule has 0 spiro atoms. The molecule has 2 aliphatic rings. The zero-order valence-corrected chi connectivity index (χ0v) is 19.9. The first-order valence-electron chi connectivity index (χ1n) is 12.4. The lowest BCUT2D eigenvalue weighted by molar-refractivity contribution is 0.0204. The number of benzene rings is 1. The smallest absolute Gasteiger partial charge is 0.336 e. The van der Waals surface area contributed by atoms with Crippen LogP contribution in [-0.2, 0) is 6.42 Å². The van der Waals surface area contributed by atoms with Crippen LogP contribution in [0.2, 0.25) is 0 Å². The summed E-state index contributed by atoms with van der Waals surface area (Å²) in [4.78, 5) is 21.4. The van der Waals surface area contributed by atoms with Gasteiger partial charge in [-0.1, -0.05) is 63.3 Å². The van der Waals surface area contributed by atoms with Crippen LogP contribution in [0.5, 0.6) is 0 Å². The van der Waals surface area contributed by atoms with Gasteiger partial charge in [-0.25, -0.2) is 9.79 Å². The number of hydrogen-bond donors (Lipinski definition) is 1. The first-order valence-corrected chi connectivity index (χ1v) is 12.4. The predicted molar refractivity (Wildman–Crippen MR) is 132 cm³/mol. The van der Waals surface area contributed by atoms with Crippen molar-refractivity contribution in [1.82, 2.24) is 15.0 Å². The van der Waals surface area contributed by atoms with Crippen molar-refractivity contribution < 1.29 is 9.90 Å². The highest BCUT2D eigenvalue weighted by Gasteiger charge is 2.36. The molecule has 1 N–H and O–H groups in total. The van der Waals surface area contributed by atoms with Crippen LogP contribution < -0.4 is 0 Å². The summed E-state index contributed by atoms with van der Waals surface area (Å²) in [7, 11) is 2.20. The van der Waals surface area contributed by atoms with E-state index >= 15 is 0 Å². The van der Waals surface area contributed by atoms with Gasteiger partial charge in [0.1, 0.15) is 12.0 Å². The second-order valence-electron chi connectivity index (χ2n) is 9.34. The lowest BCUT2D eigenvalue weighted by Gasteiger charge is -2.35. The molecule has 1 saturated carbocycles. The van der Waals surface area contributed by atoms with Gasteiger partial charge in [0.25, 0.3) is 0 Å². The van der Waals surface area contributed by atoms with Crippen LogP contribution in [-0.4, -0.2) is 51.7 Å². The molecule has 1 aliphatic heterocycles. The maximum Gasteiger partial charge on any atom is 0.336 e. The van der Waals surface area contributed by atoms with Gasteiger partial charge in [0.05, 0.1) is 11.3 Å². The van der Waals surface area contributed by atoms with E-state index in [-0.39, 0.29) is 11.7 Å². The zero-order valence-electron chi connectivity index (χ0n) is 19.9. The van der Waals surface area contributed by atoms with Gasteiger partial charge >= 0.3 is 5.97 Å². The molecule has 1 aromatic carbocycles. The summed E-state index contributed by atoms with van der Waals surface area (Å²) in [6.07, 6.45) is 13.0. The highest BCUT2D eigenvalue weighted by Crippen LogP contribution is 2.33. The number of pyridine rings is 1. The summed E-state index contributed by atoms with van der Waals surface area (Å²) in [5.74, 6) is 0.837. The van der Waals surface area contributed by atoms with Gasteiger partial charge in [0.15, 0.2) is 0 Å². The fourth-order valence-electron chi connectivity index (χ4n) is 5.17. The maximum atomic E-state index is 11.6. The van der Waals surface area contributed by atoms with Gasteiger partial charge < -0.3 is 5.11 Å². The van der Waals surface area contributed by atoms with E-state index in [1.807, 2.05) is 24.4 Å². The number of unbranched alkanes of at least 4 members (excludes halogenated alkanes) is 2. The van der Waals surface area contributed by atoms with Gasteiger partial charge in [-0.15, -0.1) is 0 Å². The first kappa shape index (κ1) is 23.4. The minimum absolute atomic E-state index is 0.247. The molecule has 1 aromatic heterocycles. The second kappa shape index (κ2) is 10.9. The Labute approximate surface area is 197 Å². The number of aromatic carboxylic acids is 1. The van der Waals surface area contributed by atoms with Crippen molar-refractivity contribution in [2.24, 2.45) is 10.9 Å². The molecule has 4 rings (SSSR count). The third kappa shape index (κ3) is 5.44. The van der Waals surface area contributed by atoms with Crippen molar-refractivity contribution in [3.05, 3.63) is 53.7 Å². The van der Waals surface area contributed by atoms with Crippen LogP contribution >= 0.6 is 0 Å². The fraction of sp³-hybridized carbons (Fsp3) is 0.519. The Morgan fingerprint density at radius 3 is 2.58 bits per heavy atom. The number of carbonyl (C=O) groups is 1. The lowest BCUT2D eigenvalue weighted by atomic mass is 9.87. The van der Waals surface area contributed by atoms with Crippen molar-refractivity contribution in [1.29, 1.82) is 0 Å². The lowest BCUT2D eigenvalue weighted by Crippen LogP contribution is -2.45. The molecule has 2 aromatic rings. The number of amidine groups is 1. The van der Waals surface area contributed by atoms with Crippen molar-refractivity contribution in [2.45, 2.75) is 70.9 Å². The number of nitrogens with zero attached hydrogens (tertiary/aromatic N) is 4. The Morgan fingerprint density at radius 2 is 1.88 bits per heavy atom. The summed E-state index contributed by atoms with van der Waals surface area (Å²) < 4.78 is 0. The minimum atomic E-state index is -0.934. The van der Waals surface area contributed by atoms with E-state index in [9.17, 15) is 9.90 Å². The quantitative estimate of drug-likeness (QED) is 0.502. The molecule has 1 aliphatic carbocycles. The number of carboxylic acids is 1. The van der Waals surface area contributed by atoms with E-state index in [0.29, 0.717) is 17.2 Å². The first-order chi connectivity index (χ1) is 16.1. The molecule has 2 heterocycles. The van der Waals surface area contributed by atoms with Crippen LogP contribution in [0.4, 0.5) is 0 Å². The van der Waals surface area contributed by atoms with E-state index in [4.69, 9.17) is 4.99 Å². The van der Waals surface area contributed by atoms with Gasteiger partial charge in [-0.05, 0) is 42.9 Å². The molecule has 176 valence electrons. The monoisotopic (exact) mass is 448 g/mol. The minimum Gasteiger partial charge on any atom is -0.478 e. The molecule has 1 unspecified atom stereocenters.